The molecule has 0 fully saturated rings. The number of ether oxygens (including phenoxy) is 1. The fraction of sp³-hybridized carbons (Fsp3) is 0.0526. The molecular weight excluding hydrogens is 421 g/mol. The Morgan fingerprint density at radius 3 is 2.65 bits per heavy atom. The van der Waals surface area contributed by atoms with Crippen LogP contribution in [0.4, 0.5) is 4.39 Å². The molecule has 2 aromatic carbocycles. The van der Waals surface area contributed by atoms with E-state index in [-0.39, 0.29) is 11.3 Å². The molecule has 0 amide bonds. The average Bonchev–Trinajstić information content (AvgIpc) is 2.97. The van der Waals surface area contributed by atoms with Crippen molar-refractivity contribution in [1.29, 1.82) is 0 Å². The van der Waals surface area contributed by atoms with Gasteiger partial charge in [0.05, 0.1) is 16.3 Å². The van der Waals surface area contributed by atoms with Gasteiger partial charge in [-0.1, -0.05) is 15.9 Å². The summed E-state index contributed by atoms with van der Waals surface area (Å²) in [7, 11) is 1.55. The number of aromatic nitrogens is 1. The third kappa shape index (κ3) is 4.17. The van der Waals surface area contributed by atoms with Crippen LogP contribution in [-0.4, -0.2) is 17.9 Å². The number of H-pyrrole nitrogens is 1. The second kappa shape index (κ2) is 7.80. The van der Waals surface area contributed by atoms with Crippen LogP contribution < -0.4 is 19.5 Å². The standard InChI is InChI=1S/C19H13BrFNO3S/c1-25-14-5-2-11(3-6-14)16(23)10-18-22-19(24)17(26-18)9-12-8-13(20)4-7-15(12)21/h2-10H,1H3,(H,22,24)/b17-9+,18-10+. The normalized spacial score (nSPS) is 12.4. The molecule has 26 heavy (non-hydrogen) atoms. The summed E-state index contributed by atoms with van der Waals surface area (Å²) in [6, 6.07) is 11.2. The number of halogens is 2. The Balaban J connectivity index is 1.97. The van der Waals surface area contributed by atoms with Gasteiger partial charge in [0.25, 0.3) is 5.56 Å². The first kappa shape index (κ1) is 18.3. The second-order valence-electron chi connectivity index (χ2n) is 5.33. The summed E-state index contributed by atoms with van der Waals surface area (Å²) in [5.74, 6) is -0.0230. The van der Waals surface area contributed by atoms with Gasteiger partial charge in [0.1, 0.15) is 11.6 Å². The molecule has 1 N–H and O–H groups in total. The predicted octanol–water partition coefficient (Wildman–Crippen LogP) is 2.84. The van der Waals surface area contributed by atoms with Crippen molar-refractivity contribution >= 4 is 45.2 Å². The molecule has 3 aromatic rings. The van der Waals surface area contributed by atoms with Gasteiger partial charge in [0, 0.05) is 21.7 Å². The fourth-order valence-corrected chi connectivity index (χ4v) is 3.50. The summed E-state index contributed by atoms with van der Waals surface area (Å²) >= 11 is 4.37. The van der Waals surface area contributed by atoms with Gasteiger partial charge in [0.15, 0.2) is 5.78 Å². The highest BCUT2D eigenvalue weighted by molar-refractivity contribution is 9.10. The largest absolute Gasteiger partial charge is 0.497 e. The van der Waals surface area contributed by atoms with Gasteiger partial charge < -0.3 is 9.72 Å². The zero-order chi connectivity index (χ0) is 18.7. The molecule has 0 aliphatic heterocycles. The van der Waals surface area contributed by atoms with Crippen LogP contribution in [0.15, 0.2) is 51.7 Å². The maximum Gasteiger partial charge on any atom is 0.266 e. The monoisotopic (exact) mass is 433 g/mol. The van der Waals surface area contributed by atoms with Gasteiger partial charge in [-0.15, -0.1) is 11.3 Å². The Morgan fingerprint density at radius 2 is 1.96 bits per heavy atom. The van der Waals surface area contributed by atoms with E-state index in [4.69, 9.17) is 4.74 Å². The summed E-state index contributed by atoms with van der Waals surface area (Å²) < 4.78 is 20.3. The molecule has 0 radical (unpaired) electrons. The molecular formula is C19H13BrFNO3S. The SMILES string of the molecule is COc1ccc(C(=O)/C=c2\[nH]c(=O)/c(=C\c3cc(Br)ccc3F)s2)cc1. The molecule has 0 saturated heterocycles. The van der Waals surface area contributed by atoms with Crippen molar-refractivity contribution in [2.45, 2.75) is 0 Å². The van der Waals surface area contributed by atoms with Crippen molar-refractivity contribution in [2.24, 2.45) is 0 Å². The first-order chi connectivity index (χ1) is 12.5. The highest BCUT2D eigenvalue weighted by Crippen LogP contribution is 2.16. The van der Waals surface area contributed by atoms with E-state index in [1.807, 2.05) is 0 Å². The molecule has 0 bridgehead atoms. The number of rotatable bonds is 4. The lowest BCUT2D eigenvalue weighted by Gasteiger charge is -1.99. The van der Waals surface area contributed by atoms with Gasteiger partial charge in [-0.25, -0.2) is 4.39 Å². The third-order valence-corrected chi connectivity index (χ3v) is 5.02. The van der Waals surface area contributed by atoms with Crippen LogP contribution in [0.2, 0.25) is 0 Å². The maximum absolute atomic E-state index is 13.9. The van der Waals surface area contributed by atoms with E-state index in [1.165, 1.54) is 18.2 Å². The van der Waals surface area contributed by atoms with Gasteiger partial charge >= 0.3 is 0 Å². The van der Waals surface area contributed by atoms with Gasteiger partial charge in [-0.2, -0.15) is 0 Å². The maximum atomic E-state index is 13.9. The molecule has 0 aliphatic carbocycles. The summed E-state index contributed by atoms with van der Waals surface area (Å²) in [5.41, 5.74) is 0.395. The number of carbonyl (C=O) groups excluding carboxylic acids is 1. The number of ketones is 1. The zero-order valence-electron chi connectivity index (χ0n) is 13.6. The predicted molar refractivity (Wildman–Crippen MR) is 104 cm³/mol. The van der Waals surface area contributed by atoms with E-state index < -0.39 is 5.82 Å². The number of carbonyl (C=O) groups is 1. The minimum atomic E-state index is -0.430. The minimum absolute atomic E-state index is 0.245. The van der Waals surface area contributed by atoms with E-state index in [2.05, 4.69) is 20.9 Å². The molecule has 0 spiro atoms. The molecule has 0 saturated carbocycles. The van der Waals surface area contributed by atoms with E-state index >= 15 is 0 Å². The molecule has 132 valence electrons. The Morgan fingerprint density at radius 1 is 1.23 bits per heavy atom. The van der Waals surface area contributed by atoms with E-state index in [0.29, 0.717) is 30.5 Å². The molecule has 0 unspecified atom stereocenters. The van der Waals surface area contributed by atoms with Crippen molar-refractivity contribution in [1.82, 2.24) is 4.98 Å². The second-order valence-corrected chi connectivity index (χ2v) is 7.33. The number of benzene rings is 2. The first-order valence-electron chi connectivity index (χ1n) is 7.52. The number of Topliss-reactive ketones (excluding diaryl/α,β-unsaturated/α-hetero) is 1. The van der Waals surface area contributed by atoms with Crippen LogP contribution >= 0.6 is 27.3 Å². The van der Waals surface area contributed by atoms with E-state index in [1.54, 1.807) is 43.5 Å². The van der Waals surface area contributed by atoms with Crippen molar-refractivity contribution in [3.05, 3.63) is 83.4 Å². The number of methoxy groups -OCH3 is 1. The summed E-state index contributed by atoms with van der Waals surface area (Å²) in [5, 5.41) is 0. The van der Waals surface area contributed by atoms with Crippen LogP contribution in [0, 0.1) is 5.82 Å². The molecule has 1 heterocycles. The zero-order valence-corrected chi connectivity index (χ0v) is 16.0. The summed E-state index contributed by atoms with van der Waals surface area (Å²) in [6.07, 6.45) is 2.81. The van der Waals surface area contributed by atoms with Gasteiger partial charge in [-0.3, -0.25) is 9.59 Å². The number of hydrogen-bond acceptors (Lipinski definition) is 4. The van der Waals surface area contributed by atoms with Crippen LogP contribution in [0.1, 0.15) is 15.9 Å². The quantitative estimate of drug-likeness (QED) is 0.643. The topological polar surface area (TPSA) is 59.2 Å². The average molecular weight is 434 g/mol. The minimum Gasteiger partial charge on any atom is -0.497 e. The fourth-order valence-electron chi connectivity index (χ4n) is 2.25. The number of hydrogen-bond donors (Lipinski definition) is 1. The smallest absolute Gasteiger partial charge is 0.266 e. The van der Waals surface area contributed by atoms with Crippen LogP contribution in [0.25, 0.3) is 12.2 Å². The molecule has 1 aromatic heterocycles. The van der Waals surface area contributed by atoms with Crippen molar-refractivity contribution in [3.63, 3.8) is 0 Å². The first-order valence-corrected chi connectivity index (χ1v) is 9.13. The molecule has 3 rings (SSSR count). The number of nitrogens with one attached hydrogen (secondary N) is 1. The Hall–Kier alpha value is -2.51. The van der Waals surface area contributed by atoms with Gasteiger partial charge in [-0.05, 0) is 48.5 Å². The molecule has 4 nitrogen and oxygen atoms in total. The van der Waals surface area contributed by atoms with Crippen molar-refractivity contribution in [2.75, 3.05) is 7.11 Å². The van der Waals surface area contributed by atoms with Crippen molar-refractivity contribution in [3.8, 4) is 5.75 Å². The van der Waals surface area contributed by atoms with E-state index in [9.17, 15) is 14.0 Å². The number of aromatic amines is 1. The number of thiazole rings is 1. The van der Waals surface area contributed by atoms with Crippen molar-refractivity contribution < 1.29 is 13.9 Å². The van der Waals surface area contributed by atoms with Crippen LogP contribution in [-0.2, 0) is 0 Å². The molecule has 0 aliphatic rings. The van der Waals surface area contributed by atoms with Crippen LogP contribution in [0.3, 0.4) is 0 Å². The highest BCUT2D eigenvalue weighted by Gasteiger charge is 2.05. The lowest BCUT2D eigenvalue weighted by atomic mass is 10.1. The van der Waals surface area contributed by atoms with Gasteiger partial charge in [0.2, 0.25) is 0 Å². The van der Waals surface area contributed by atoms with E-state index in [0.717, 1.165) is 11.3 Å². The summed E-state index contributed by atoms with van der Waals surface area (Å²) in [6.45, 7) is 0. The van der Waals surface area contributed by atoms with Crippen LogP contribution in [0.5, 0.6) is 5.75 Å². The Labute approximate surface area is 160 Å². The molecule has 0 atom stereocenters. The lowest BCUT2D eigenvalue weighted by molar-refractivity contribution is 0.106. The Kier molecular flexibility index (Phi) is 5.49. The molecule has 7 heteroatoms. The summed E-state index contributed by atoms with van der Waals surface area (Å²) in [4.78, 5) is 27.0. The Bertz CT molecular complexity index is 1130. The lowest BCUT2D eigenvalue weighted by Crippen LogP contribution is -2.20. The highest BCUT2D eigenvalue weighted by atomic mass is 79.9. The third-order valence-electron chi connectivity index (χ3n) is 3.56.